The molecule has 4 rings (SSSR count). The minimum Gasteiger partial charge on any atom is -0.423 e. The van der Waals surface area contributed by atoms with Gasteiger partial charge in [-0.3, -0.25) is 5.10 Å². The molecule has 166 valence electrons. The summed E-state index contributed by atoms with van der Waals surface area (Å²) in [5.41, 5.74) is 3.27. The smallest absolute Gasteiger partial charge is 0.335 e. The van der Waals surface area contributed by atoms with Crippen molar-refractivity contribution in [3.63, 3.8) is 0 Å². The summed E-state index contributed by atoms with van der Waals surface area (Å²) >= 11 is 6.42. The van der Waals surface area contributed by atoms with Crippen LogP contribution < -0.4 is 4.74 Å². The number of nitrogens with one attached hydrogen (secondary N) is 1. The van der Waals surface area contributed by atoms with E-state index in [1.54, 1.807) is 36.4 Å². The normalized spacial score (nSPS) is 11.9. The van der Waals surface area contributed by atoms with E-state index in [0.29, 0.717) is 34.1 Å². The summed E-state index contributed by atoms with van der Waals surface area (Å²) in [7, 11) is 0. The van der Waals surface area contributed by atoms with E-state index in [0.717, 1.165) is 11.6 Å². The van der Waals surface area contributed by atoms with E-state index in [1.807, 2.05) is 6.92 Å². The second kappa shape index (κ2) is 9.38. The number of halogens is 3. The van der Waals surface area contributed by atoms with E-state index in [-0.39, 0.29) is 16.3 Å². The zero-order valence-corrected chi connectivity index (χ0v) is 18.4. The number of hydrogen-bond acceptors (Lipinski definition) is 3. The van der Waals surface area contributed by atoms with E-state index in [9.17, 15) is 13.6 Å². The summed E-state index contributed by atoms with van der Waals surface area (Å²) in [5.74, 6) is -1.31. The number of nitrogens with zero attached hydrogens (tertiary/aromatic N) is 1. The molecule has 0 fully saturated rings. The summed E-state index contributed by atoms with van der Waals surface area (Å²) in [6.45, 7) is 5.37. The fourth-order valence-corrected chi connectivity index (χ4v) is 4.08. The van der Waals surface area contributed by atoms with Gasteiger partial charge < -0.3 is 4.74 Å². The predicted molar refractivity (Wildman–Crippen MR) is 126 cm³/mol. The first kappa shape index (κ1) is 22.4. The van der Waals surface area contributed by atoms with Gasteiger partial charge in [-0.25, -0.2) is 13.6 Å². The van der Waals surface area contributed by atoms with Crippen LogP contribution in [0.5, 0.6) is 5.75 Å². The Kier molecular flexibility index (Phi) is 6.38. The lowest BCUT2D eigenvalue weighted by Gasteiger charge is -2.19. The molecule has 0 aliphatic rings. The van der Waals surface area contributed by atoms with Gasteiger partial charge in [-0.15, -0.1) is 0 Å². The summed E-state index contributed by atoms with van der Waals surface area (Å²) in [6, 6.07) is 14.2. The molecule has 0 saturated heterocycles. The SMILES string of the molecule is C=CC(=O)Oc1ccccc1/C(=C(\CC)c1ccc(F)cc1Cl)c1cc(F)c2[nH]ncc2c1. The molecule has 0 amide bonds. The van der Waals surface area contributed by atoms with Crippen LogP contribution in [0.25, 0.3) is 22.0 Å². The highest BCUT2D eigenvalue weighted by Gasteiger charge is 2.21. The molecule has 1 heterocycles. The van der Waals surface area contributed by atoms with E-state index in [4.69, 9.17) is 16.3 Å². The van der Waals surface area contributed by atoms with Crippen LogP contribution in [0.4, 0.5) is 8.78 Å². The van der Waals surface area contributed by atoms with E-state index < -0.39 is 17.6 Å². The van der Waals surface area contributed by atoms with Crippen LogP contribution in [-0.4, -0.2) is 16.2 Å². The van der Waals surface area contributed by atoms with Crippen molar-refractivity contribution in [1.82, 2.24) is 10.2 Å². The minimum atomic E-state index is -0.629. The highest BCUT2D eigenvalue weighted by molar-refractivity contribution is 6.32. The molecular weight excluding hydrogens is 446 g/mol. The molecule has 1 aromatic heterocycles. The van der Waals surface area contributed by atoms with Crippen molar-refractivity contribution in [2.24, 2.45) is 0 Å². The number of aromatic nitrogens is 2. The van der Waals surface area contributed by atoms with Gasteiger partial charge in [0.05, 0.1) is 11.2 Å². The maximum atomic E-state index is 15.0. The van der Waals surface area contributed by atoms with Gasteiger partial charge in [0.1, 0.15) is 22.9 Å². The first-order valence-corrected chi connectivity index (χ1v) is 10.6. The summed E-state index contributed by atoms with van der Waals surface area (Å²) in [4.78, 5) is 12.0. The lowest BCUT2D eigenvalue weighted by molar-refractivity contribution is -0.128. The lowest BCUT2D eigenvalue weighted by atomic mass is 9.87. The molecule has 0 aliphatic heterocycles. The summed E-state index contributed by atoms with van der Waals surface area (Å²) in [6.07, 6.45) is 3.07. The average Bonchev–Trinajstić information content (AvgIpc) is 3.28. The van der Waals surface area contributed by atoms with Crippen molar-refractivity contribution in [3.8, 4) is 5.75 Å². The highest BCUT2D eigenvalue weighted by atomic mass is 35.5. The van der Waals surface area contributed by atoms with Gasteiger partial charge in [-0.1, -0.05) is 49.4 Å². The number of rotatable bonds is 6. The molecule has 0 atom stereocenters. The Morgan fingerprint density at radius 3 is 2.67 bits per heavy atom. The number of para-hydroxylation sites is 1. The number of H-pyrrole nitrogens is 1. The number of carbonyl (C=O) groups is 1. The van der Waals surface area contributed by atoms with Gasteiger partial charge in [-0.05, 0) is 59.0 Å². The van der Waals surface area contributed by atoms with Gasteiger partial charge in [0.15, 0.2) is 0 Å². The number of allylic oxidation sites excluding steroid dienone is 1. The quantitative estimate of drug-likeness (QED) is 0.145. The zero-order chi connectivity index (χ0) is 23.5. The number of fused-ring (bicyclic) bond motifs is 1. The first-order chi connectivity index (χ1) is 15.9. The average molecular weight is 465 g/mol. The van der Waals surface area contributed by atoms with Crippen molar-refractivity contribution in [1.29, 1.82) is 0 Å². The molecular formula is C26H19ClF2N2O2. The molecule has 0 aliphatic carbocycles. The molecule has 4 nitrogen and oxygen atoms in total. The number of ether oxygens (including phenoxy) is 1. The minimum absolute atomic E-state index is 0.217. The van der Waals surface area contributed by atoms with Crippen molar-refractivity contribution in [2.45, 2.75) is 13.3 Å². The fourth-order valence-electron chi connectivity index (χ4n) is 3.80. The third-order valence-corrected chi connectivity index (χ3v) is 5.55. The van der Waals surface area contributed by atoms with Gasteiger partial charge in [0.2, 0.25) is 0 Å². The van der Waals surface area contributed by atoms with Crippen molar-refractivity contribution in [2.75, 3.05) is 0 Å². The Hall–Kier alpha value is -3.77. The van der Waals surface area contributed by atoms with E-state index in [1.165, 1.54) is 24.4 Å². The lowest BCUT2D eigenvalue weighted by Crippen LogP contribution is -2.06. The molecule has 0 radical (unpaired) electrons. The Balaban J connectivity index is 2.08. The molecule has 0 bridgehead atoms. The predicted octanol–water partition coefficient (Wildman–Crippen LogP) is 6.96. The number of carbonyl (C=O) groups excluding carboxylic acids is 1. The Morgan fingerprint density at radius 2 is 1.94 bits per heavy atom. The van der Waals surface area contributed by atoms with Gasteiger partial charge in [-0.2, -0.15) is 5.10 Å². The van der Waals surface area contributed by atoms with Crippen LogP contribution in [-0.2, 0) is 4.79 Å². The standard InChI is InChI=1S/C26H19ClF2N2O2/c1-3-18(19-10-9-17(28)13-21(19)27)25(15-11-16-14-30-31-26(16)22(29)12-15)20-7-5-6-8-23(20)33-24(32)4-2/h4-14H,2-3H2,1H3,(H,30,31)/b25-18+. The van der Waals surface area contributed by atoms with Crippen LogP contribution in [0.15, 0.2) is 73.4 Å². The molecule has 7 heteroatoms. The second-order valence-electron chi connectivity index (χ2n) is 7.24. The molecule has 33 heavy (non-hydrogen) atoms. The van der Waals surface area contributed by atoms with Gasteiger partial charge in [0, 0.05) is 17.0 Å². The molecule has 4 aromatic rings. The Bertz CT molecular complexity index is 1410. The van der Waals surface area contributed by atoms with Crippen molar-refractivity contribution >= 4 is 39.6 Å². The van der Waals surface area contributed by atoms with Crippen LogP contribution in [0, 0.1) is 11.6 Å². The zero-order valence-electron chi connectivity index (χ0n) is 17.7. The second-order valence-corrected chi connectivity index (χ2v) is 7.65. The van der Waals surface area contributed by atoms with Crippen LogP contribution in [0.1, 0.15) is 30.0 Å². The number of esters is 1. The topological polar surface area (TPSA) is 55.0 Å². The first-order valence-electron chi connectivity index (χ1n) is 10.2. The number of benzene rings is 3. The molecule has 1 N–H and O–H groups in total. The molecule has 0 spiro atoms. The Morgan fingerprint density at radius 1 is 1.15 bits per heavy atom. The third kappa shape index (κ3) is 4.43. The van der Waals surface area contributed by atoms with Gasteiger partial charge >= 0.3 is 5.97 Å². The maximum Gasteiger partial charge on any atom is 0.335 e. The Labute approximate surface area is 194 Å². The third-order valence-electron chi connectivity index (χ3n) is 5.23. The van der Waals surface area contributed by atoms with Crippen LogP contribution in [0.2, 0.25) is 5.02 Å². The molecule has 0 unspecified atom stereocenters. The highest BCUT2D eigenvalue weighted by Crippen LogP contribution is 2.41. The molecule has 3 aromatic carbocycles. The van der Waals surface area contributed by atoms with Crippen molar-refractivity contribution < 1.29 is 18.3 Å². The monoisotopic (exact) mass is 464 g/mol. The number of hydrogen-bond donors (Lipinski definition) is 1. The van der Waals surface area contributed by atoms with Crippen LogP contribution >= 0.6 is 11.6 Å². The van der Waals surface area contributed by atoms with Gasteiger partial charge in [0.25, 0.3) is 0 Å². The van der Waals surface area contributed by atoms with E-state index >= 15 is 0 Å². The van der Waals surface area contributed by atoms with Crippen LogP contribution in [0.3, 0.4) is 0 Å². The van der Waals surface area contributed by atoms with E-state index in [2.05, 4.69) is 16.8 Å². The fraction of sp³-hybridized carbons (Fsp3) is 0.0769. The summed E-state index contributed by atoms with van der Waals surface area (Å²) in [5, 5.41) is 7.36. The number of aromatic amines is 1. The maximum absolute atomic E-state index is 15.0. The molecule has 0 saturated carbocycles. The largest absolute Gasteiger partial charge is 0.423 e. The van der Waals surface area contributed by atoms with Crippen molar-refractivity contribution in [3.05, 3.63) is 107 Å². The summed E-state index contributed by atoms with van der Waals surface area (Å²) < 4.78 is 34.2.